The van der Waals surface area contributed by atoms with E-state index in [0.717, 1.165) is 34.1 Å². The van der Waals surface area contributed by atoms with Gasteiger partial charge in [0.25, 0.3) is 0 Å². The van der Waals surface area contributed by atoms with E-state index >= 15 is 0 Å². The highest BCUT2D eigenvalue weighted by molar-refractivity contribution is 9.10. The monoisotopic (exact) mass is 321 g/mol. The quantitative estimate of drug-likeness (QED) is 0.912. The van der Waals surface area contributed by atoms with Crippen LogP contribution in [-0.4, -0.2) is 30.3 Å². The minimum atomic E-state index is -0.164. The second-order valence-corrected chi connectivity index (χ2v) is 5.86. The summed E-state index contributed by atoms with van der Waals surface area (Å²) in [5.41, 5.74) is 7.73. The third kappa shape index (κ3) is 2.45. The summed E-state index contributed by atoms with van der Waals surface area (Å²) in [5.74, 6) is 0. The highest BCUT2D eigenvalue weighted by Crippen LogP contribution is 2.29. The second-order valence-electron chi connectivity index (χ2n) is 4.94. The van der Waals surface area contributed by atoms with Crippen molar-refractivity contribution in [3.63, 3.8) is 0 Å². The molecule has 100 valence electrons. The zero-order chi connectivity index (χ0) is 13.3. The van der Waals surface area contributed by atoms with Crippen LogP contribution in [0.2, 0.25) is 0 Å². The number of nitrogens with two attached hydrogens (primary N) is 1. The van der Waals surface area contributed by atoms with Crippen LogP contribution < -0.4 is 11.1 Å². The molecule has 0 saturated carbocycles. The van der Waals surface area contributed by atoms with Gasteiger partial charge in [0.1, 0.15) is 0 Å². The third-order valence-electron chi connectivity index (χ3n) is 3.57. The van der Waals surface area contributed by atoms with Crippen molar-refractivity contribution in [3.8, 4) is 0 Å². The van der Waals surface area contributed by atoms with E-state index in [0.29, 0.717) is 13.2 Å². The van der Waals surface area contributed by atoms with Crippen LogP contribution in [0.3, 0.4) is 0 Å². The lowest BCUT2D eigenvalue weighted by Crippen LogP contribution is -2.46. The van der Waals surface area contributed by atoms with E-state index in [-0.39, 0.29) is 5.54 Å². The van der Waals surface area contributed by atoms with Crippen LogP contribution in [-0.2, 0) is 4.74 Å². The van der Waals surface area contributed by atoms with Crippen molar-refractivity contribution in [2.75, 3.05) is 25.1 Å². The molecular weight excluding hydrogens is 306 g/mol. The van der Waals surface area contributed by atoms with Crippen LogP contribution in [0.4, 0.5) is 5.69 Å². The molecule has 1 aromatic carbocycles. The van der Waals surface area contributed by atoms with Crippen LogP contribution in [0.1, 0.15) is 6.42 Å². The number of pyridine rings is 1. The highest BCUT2D eigenvalue weighted by atomic mass is 79.9. The molecule has 0 radical (unpaired) electrons. The number of fused-ring (bicyclic) bond motifs is 1. The Morgan fingerprint density at radius 2 is 2.37 bits per heavy atom. The summed E-state index contributed by atoms with van der Waals surface area (Å²) < 4.78 is 6.47. The van der Waals surface area contributed by atoms with E-state index in [1.807, 2.05) is 18.3 Å². The Kier molecular flexibility index (Phi) is 3.43. The Bertz CT molecular complexity index is 596. The van der Waals surface area contributed by atoms with Crippen LogP contribution in [0.15, 0.2) is 34.9 Å². The molecule has 1 unspecified atom stereocenters. The summed E-state index contributed by atoms with van der Waals surface area (Å²) in [5, 5.41) is 4.64. The molecule has 2 aromatic rings. The first-order valence-electron chi connectivity index (χ1n) is 6.33. The van der Waals surface area contributed by atoms with Gasteiger partial charge in [-0.25, -0.2) is 0 Å². The maximum Gasteiger partial charge on any atom is 0.0934 e. The van der Waals surface area contributed by atoms with Gasteiger partial charge in [0.05, 0.1) is 23.3 Å². The summed E-state index contributed by atoms with van der Waals surface area (Å²) >= 11 is 3.45. The molecule has 0 amide bonds. The number of rotatable bonds is 3. The molecule has 0 spiro atoms. The molecule has 5 heteroatoms. The molecule has 0 aliphatic carbocycles. The van der Waals surface area contributed by atoms with E-state index in [1.165, 1.54) is 0 Å². The maximum absolute atomic E-state index is 5.91. The predicted molar refractivity (Wildman–Crippen MR) is 80.3 cm³/mol. The summed E-state index contributed by atoms with van der Waals surface area (Å²) in [6, 6.07) is 8.18. The van der Waals surface area contributed by atoms with Gasteiger partial charge in [0.2, 0.25) is 0 Å². The molecule has 1 saturated heterocycles. The average Bonchev–Trinajstić information content (AvgIpc) is 2.88. The van der Waals surface area contributed by atoms with Crippen molar-refractivity contribution in [2.24, 2.45) is 5.73 Å². The van der Waals surface area contributed by atoms with E-state index in [4.69, 9.17) is 10.5 Å². The molecule has 2 heterocycles. The molecule has 1 atom stereocenters. The number of hydrogen-bond donors (Lipinski definition) is 2. The fourth-order valence-corrected chi connectivity index (χ4v) is 2.79. The molecule has 1 aromatic heterocycles. The molecule has 4 nitrogen and oxygen atoms in total. The van der Waals surface area contributed by atoms with E-state index in [2.05, 4.69) is 38.4 Å². The Labute approximate surface area is 120 Å². The molecule has 1 aliphatic heterocycles. The second kappa shape index (κ2) is 5.07. The number of hydrogen-bond acceptors (Lipinski definition) is 4. The lowest BCUT2D eigenvalue weighted by Gasteiger charge is -2.28. The van der Waals surface area contributed by atoms with Gasteiger partial charge in [-0.2, -0.15) is 0 Å². The van der Waals surface area contributed by atoms with E-state index < -0.39 is 0 Å². The molecule has 0 bridgehead atoms. The van der Waals surface area contributed by atoms with Crippen molar-refractivity contribution in [1.82, 2.24) is 4.98 Å². The first-order chi connectivity index (χ1) is 9.22. The smallest absolute Gasteiger partial charge is 0.0934 e. The largest absolute Gasteiger partial charge is 0.379 e. The van der Waals surface area contributed by atoms with Gasteiger partial charge in [-0.3, -0.25) is 4.98 Å². The Hall–Kier alpha value is -1.17. The number of anilines is 1. The van der Waals surface area contributed by atoms with E-state index in [1.54, 1.807) is 0 Å². The van der Waals surface area contributed by atoms with Gasteiger partial charge >= 0.3 is 0 Å². The predicted octanol–water partition coefficient (Wildman–Crippen LogP) is 2.53. The van der Waals surface area contributed by atoms with Crippen LogP contribution >= 0.6 is 15.9 Å². The Morgan fingerprint density at radius 1 is 1.47 bits per heavy atom. The van der Waals surface area contributed by atoms with Crippen molar-refractivity contribution < 1.29 is 4.74 Å². The number of nitrogens with zero attached hydrogens (tertiary/aromatic N) is 1. The first-order valence-corrected chi connectivity index (χ1v) is 7.12. The SMILES string of the molecule is NCC1(Nc2cccc3cc(Br)cnc23)CCOC1. The van der Waals surface area contributed by atoms with Gasteiger partial charge < -0.3 is 15.8 Å². The zero-order valence-corrected chi connectivity index (χ0v) is 12.1. The number of aromatic nitrogens is 1. The van der Waals surface area contributed by atoms with Crippen LogP contribution in [0.5, 0.6) is 0 Å². The number of nitrogens with one attached hydrogen (secondary N) is 1. The standard InChI is InChI=1S/C14H16BrN3O/c15-11-6-10-2-1-3-12(13(10)17-7-11)18-14(8-16)4-5-19-9-14/h1-3,6-7,18H,4-5,8-9,16H2. The lowest BCUT2D eigenvalue weighted by molar-refractivity contribution is 0.183. The number of ether oxygens (including phenoxy) is 1. The van der Waals surface area contributed by atoms with Gasteiger partial charge in [-0.1, -0.05) is 12.1 Å². The normalized spacial score (nSPS) is 22.8. The summed E-state index contributed by atoms with van der Waals surface area (Å²) in [4.78, 5) is 4.50. The van der Waals surface area contributed by atoms with E-state index in [9.17, 15) is 0 Å². The minimum absolute atomic E-state index is 0.164. The molecule has 3 N–H and O–H groups in total. The minimum Gasteiger partial charge on any atom is -0.379 e. The zero-order valence-electron chi connectivity index (χ0n) is 10.5. The van der Waals surface area contributed by atoms with Crippen molar-refractivity contribution >= 4 is 32.5 Å². The lowest BCUT2D eigenvalue weighted by atomic mass is 9.98. The molecule has 1 fully saturated rings. The fraction of sp³-hybridized carbons (Fsp3) is 0.357. The summed E-state index contributed by atoms with van der Waals surface area (Å²) in [6.45, 7) is 1.96. The topological polar surface area (TPSA) is 60.2 Å². The molecule has 3 rings (SSSR count). The third-order valence-corrected chi connectivity index (χ3v) is 4.01. The van der Waals surface area contributed by atoms with Gasteiger partial charge in [-0.15, -0.1) is 0 Å². The molecular formula is C14H16BrN3O. The number of benzene rings is 1. The maximum atomic E-state index is 5.91. The number of para-hydroxylation sites is 1. The van der Waals surface area contributed by atoms with Crippen LogP contribution in [0.25, 0.3) is 10.9 Å². The Balaban J connectivity index is 2.01. The average molecular weight is 322 g/mol. The van der Waals surface area contributed by atoms with Crippen LogP contribution in [0, 0.1) is 0 Å². The number of halogens is 1. The summed E-state index contributed by atoms with van der Waals surface area (Å²) in [7, 11) is 0. The molecule has 1 aliphatic rings. The highest BCUT2D eigenvalue weighted by Gasteiger charge is 2.33. The van der Waals surface area contributed by atoms with Crippen molar-refractivity contribution in [3.05, 3.63) is 34.9 Å². The van der Waals surface area contributed by atoms with Gasteiger partial charge in [0.15, 0.2) is 0 Å². The van der Waals surface area contributed by atoms with Gasteiger partial charge in [-0.05, 0) is 34.5 Å². The Morgan fingerprint density at radius 3 is 3.11 bits per heavy atom. The van der Waals surface area contributed by atoms with Crippen molar-refractivity contribution in [2.45, 2.75) is 12.0 Å². The first kappa shape index (κ1) is 12.8. The summed E-state index contributed by atoms with van der Waals surface area (Å²) in [6.07, 6.45) is 2.74. The van der Waals surface area contributed by atoms with Crippen molar-refractivity contribution in [1.29, 1.82) is 0 Å². The fourth-order valence-electron chi connectivity index (χ4n) is 2.44. The van der Waals surface area contributed by atoms with Gasteiger partial charge in [0, 0.05) is 29.2 Å². The molecule has 19 heavy (non-hydrogen) atoms.